The van der Waals surface area contributed by atoms with E-state index in [1.165, 1.54) is 29.3 Å². The Balaban J connectivity index is 0.986. The number of amides is 2. The van der Waals surface area contributed by atoms with Gasteiger partial charge in [-0.2, -0.15) is 4.37 Å². The van der Waals surface area contributed by atoms with Gasteiger partial charge < -0.3 is 4.90 Å². The number of carbonyl (C=O) groups excluding carboxylic acids is 2. The van der Waals surface area contributed by atoms with Crippen molar-refractivity contribution in [2.45, 2.75) is 44.9 Å². The maximum atomic E-state index is 13.3. The lowest BCUT2D eigenvalue weighted by Crippen LogP contribution is -2.49. The normalized spacial score (nSPS) is 35.4. The molecule has 7 heteroatoms. The van der Waals surface area contributed by atoms with Gasteiger partial charge in [-0.3, -0.25) is 19.4 Å². The van der Waals surface area contributed by atoms with Gasteiger partial charge in [0, 0.05) is 44.7 Å². The van der Waals surface area contributed by atoms with Crippen LogP contribution in [0, 0.1) is 35.5 Å². The van der Waals surface area contributed by atoms with Gasteiger partial charge in [0.15, 0.2) is 0 Å². The summed E-state index contributed by atoms with van der Waals surface area (Å²) in [5, 5.41) is 1.27. The molecule has 6 nitrogen and oxygen atoms in total. The third kappa shape index (κ3) is 3.72. The zero-order valence-corrected chi connectivity index (χ0v) is 21.3. The number of rotatable bonds is 5. The highest BCUT2D eigenvalue weighted by molar-refractivity contribution is 7.13. The lowest BCUT2D eigenvalue weighted by molar-refractivity contribution is -0.142. The second kappa shape index (κ2) is 8.84. The first-order chi connectivity index (χ1) is 17.2. The van der Waals surface area contributed by atoms with E-state index in [4.69, 9.17) is 4.37 Å². The van der Waals surface area contributed by atoms with Crippen LogP contribution in [0.2, 0.25) is 0 Å². The summed E-state index contributed by atoms with van der Waals surface area (Å²) in [6, 6.07) is 8.54. The summed E-state index contributed by atoms with van der Waals surface area (Å²) in [5.41, 5.74) is 0. The quantitative estimate of drug-likeness (QED) is 0.584. The number of carbonyl (C=O) groups is 2. The van der Waals surface area contributed by atoms with Crippen LogP contribution in [0.1, 0.15) is 44.9 Å². The fourth-order valence-electron chi connectivity index (χ4n) is 8.22. The Kier molecular flexibility index (Phi) is 5.61. The lowest BCUT2D eigenvalue weighted by atomic mass is 9.78. The van der Waals surface area contributed by atoms with E-state index in [-0.39, 0.29) is 23.7 Å². The molecular weight excluding hydrogens is 456 g/mol. The van der Waals surface area contributed by atoms with Gasteiger partial charge >= 0.3 is 0 Å². The van der Waals surface area contributed by atoms with Crippen LogP contribution < -0.4 is 4.90 Å². The minimum Gasteiger partial charge on any atom is -0.353 e. The topological polar surface area (TPSA) is 56.8 Å². The van der Waals surface area contributed by atoms with Crippen LogP contribution in [0.15, 0.2) is 24.3 Å². The number of hydrogen-bond acceptors (Lipinski definition) is 6. The van der Waals surface area contributed by atoms with Gasteiger partial charge in [0.05, 0.1) is 16.5 Å². The van der Waals surface area contributed by atoms with Crippen LogP contribution >= 0.6 is 11.5 Å². The zero-order chi connectivity index (χ0) is 23.5. The molecule has 2 bridgehead atoms. The van der Waals surface area contributed by atoms with Crippen molar-refractivity contribution in [1.29, 1.82) is 0 Å². The molecule has 3 saturated carbocycles. The minimum atomic E-state index is 0.0261. The Hall–Kier alpha value is -1.99. The average molecular weight is 493 g/mol. The van der Waals surface area contributed by atoms with Crippen molar-refractivity contribution in [2.24, 2.45) is 35.5 Å². The number of benzene rings is 1. The Morgan fingerprint density at radius 3 is 2.20 bits per heavy atom. The number of fused-ring (bicyclic) bond motifs is 6. The molecule has 0 radical (unpaired) electrons. The van der Waals surface area contributed by atoms with E-state index in [1.54, 1.807) is 16.4 Å². The SMILES string of the molecule is O=C1[C@H]2[C@H]3CCC(C3)[C@H]2C(=O)N1C[C@@H]1CCCC[C@@H]1CN1CCN(c2nsc3ccccc23)CC1. The fraction of sp³-hybridized carbons (Fsp3) is 0.679. The zero-order valence-electron chi connectivity index (χ0n) is 20.5. The van der Waals surface area contributed by atoms with Crippen LogP contribution in [-0.2, 0) is 9.59 Å². The van der Waals surface area contributed by atoms with Crippen LogP contribution in [0.25, 0.3) is 10.1 Å². The standard InChI is InChI=1S/C28H36N4O2S/c33-27-24-18-9-10-19(15-18)25(24)28(34)32(27)17-21-6-2-1-5-20(21)16-30-11-13-31(14-12-30)26-22-7-3-4-8-23(22)35-29-26/h3-4,7-8,18-21,24-25H,1-2,5-6,9-17H2/t18-,19?,20+,21-,24-,25+/m0/s1. The highest BCUT2D eigenvalue weighted by Crippen LogP contribution is 2.56. The van der Waals surface area contributed by atoms with E-state index in [9.17, 15) is 9.59 Å². The van der Waals surface area contributed by atoms with Gasteiger partial charge in [-0.05, 0) is 79.4 Å². The number of hydrogen-bond donors (Lipinski definition) is 0. The average Bonchev–Trinajstić information content (AvgIpc) is 3.66. The molecule has 2 aliphatic heterocycles. The predicted molar refractivity (Wildman–Crippen MR) is 138 cm³/mol. The first-order valence-corrected chi connectivity index (χ1v) is 14.6. The van der Waals surface area contributed by atoms with Gasteiger partial charge in [0.25, 0.3) is 0 Å². The van der Waals surface area contributed by atoms with Gasteiger partial charge in [-0.15, -0.1) is 0 Å². The highest BCUT2D eigenvalue weighted by Gasteiger charge is 2.61. The molecule has 186 valence electrons. The summed E-state index contributed by atoms with van der Waals surface area (Å²) in [6.07, 6.45) is 8.35. The maximum Gasteiger partial charge on any atom is 0.233 e. The van der Waals surface area contributed by atoms with Crippen LogP contribution in [-0.4, -0.2) is 65.3 Å². The minimum absolute atomic E-state index is 0.0261. The number of anilines is 1. The molecule has 0 N–H and O–H groups in total. The van der Waals surface area contributed by atoms with Crippen molar-refractivity contribution < 1.29 is 9.59 Å². The predicted octanol–water partition coefficient (Wildman–Crippen LogP) is 4.26. The van der Waals surface area contributed by atoms with E-state index in [0.29, 0.717) is 30.2 Å². The Bertz CT molecular complexity index is 1100. The second-order valence-corrected chi connectivity index (χ2v) is 12.6. The summed E-state index contributed by atoms with van der Waals surface area (Å²) >= 11 is 1.60. The summed E-state index contributed by atoms with van der Waals surface area (Å²) in [7, 11) is 0. The van der Waals surface area contributed by atoms with E-state index >= 15 is 0 Å². The molecule has 2 amide bonds. The molecule has 1 aromatic carbocycles. The Morgan fingerprint density at radius 2 is 1.49 bits per heavy atom. The summed E-state index contributed by atoms with van der Waals surface area (Å²) in [6.45, 7) is 5.93. The van der Waals surface area contributed by atoms with Crippen molar-refractivity contribution in [3.8, 4) is 0 Å². The van der Waals surface area contributed by atoms with E-state index in [2.05, 4.69) is 34.1 Å². The van der Waals surface area contributed by atoms with Gasteiger partial charge in [-0.1, -0.05) is 25.0 Å². The molecule has 2 aromatic rings. The second-order valence-electron chi connectivity index (χ2n) is 11.8. The number of likely N-dealkylation sites (tertiary alicyclic amines) is 1. The van der Waals surface area contributed by atoms with Crippen molar-refractivity contribution in [1.82, 2.24) is 14.2 Å². The molecule has 3 heterocycles. The molecule has 6 atom stereocenters. The van der Waals surface area contributed by atoms with Crippen LogP contribution in [0.4, 0.5) is 5.82 Å². The molecule has 5 aliphatic rings. The molecule has 1 aromatic heterocycles. The van der Waals surface area contributed by atoms with E-state index in [1.807, 2.05) is 0 Å². The van der Waals surface area contributed by atoms with Crippen molar-refractivity contribution >= 4 is 39.3 Å². The highest BCUT2D eigenvalue weighted by atomic mass is 32.1. The third-order valence-electron chi connectivity index (χ3n) is 10.0. The van der Waals surface area contributed by atoms with E-state index < -0.39 is 0 Å². The molecule has 2 saturated heterocycles. The van der Waals surface area contributed by atoms with Crippen LogP contribution in [0.3, 0.4) is 0 Å². The van der Waals surface area contributed by atoms with Gasteiger partial charge in [0.1, 0.15) is 5.82 Å². The van der Waals surface area contributed by atoms with Gasteiger partial charge in [-0.25, -0.2) is 0 Å². The lowest BCUT2D eigenvalue weighted by Gasteiger charge is -2.40. The molecular formula is C28H36N4O2S. The molecule has 3 aliphatic carbocycles. The summed E-state index contributed by atoms with van der Waals surface area (Å²) < 4.78 is 6.02. The monoisotopic (exact) mass is 492 g/mol. The Morgan fingerprint density at radius 1 is 0.829 bits per heavy atom. The van der Waals surface area contributed by atoms with Crippen molar-refractivity contribution in [3.05, 3.63) is 24.3 Å². The maximum absolute atomic E-state index is 13.3. The molecule has 5 fully saturated rings. The molecule has 0 spiro atoms. The van der Waals surface area contributed by atoms with Crippen molar-refractivity contribution in [3.63, 3.8) is 0 Å². The van der Waals surface area contributed by atoms with Gasteiger partial charge in [0.2, 0.25) is 11.8 Å². The third-order valence-corrected chi connectivity index (χ3v) is 10.8. The number of nitrogens with zero attached hydrogens (tertiary/aromatic N) is 4. The number of piperazine rings is 1. The number of aromatic nitrogens is 1. The summed E-state index contributed by atoms with van der Waals surface area (Å²) in [5.74, 6) is 3.59. The smallest absolute Gasteiger partial charge is 0.233 e. The van der Waals surface area contributed by atoms with Crippen molar-refractivity contribution in [2.75, 3.05) is 44.2 Å². The first-order valence-electron chi connectivity index (χ1n) is 13.8. The molecule has 35 heavy (non-hydrogen) atoms. The van der Waals surface area contributed by atoms with Crippen LogP contribution in [0.5, 0.6) is 0 Å². The Labute approximate surface area is 211 Å². The first kappa shape index (κ1) is 22.2. The largest absolute Gasteiger partial charge is 0.353 e. The summed E-state index contributed by atoms with van der Waals surface area (Å²) in [4.78, 5) is 33.4. The fourth-order valence-corrected chi connectivity index (χ4v) is 9.02. The molecule has 7 rings (SSSR count). The number of imide groups is 1. The van der Waals surface area contributed by atoms with E-state index in [0.717, 1.165) is 64.2 Å². The molecule has 1 unspecified atom stereocenters.